The average Bonchev–Trinajstić information content (AvgIpc) is 2.97. The molecule has 0 saturated carbocycles. The number of pyridine rings is 1. The second-order valence-corrected chi connectivity index (χ2v) is 4.41. The van der Waals surface area contributed by atoms with Crippen LogP contribution in [0.3, 0.4) is 0 Å². The summed E-state index contributed by atoms with van der Waals surface area (Å²) in [5.41, 5.74) is 1.30. The zero-order valence-electron chi connectivity index (χ0n) is 10.5. The molecule has 0 N–H and O–H groups in total. The van der Waals surface area contributed by atoms with E-state index in [1.165, 1.54) is 29.6 Å². The van der Waals surface area contributed by atoms with Gasteiger partial charge in [0.05, 0.1) is 6.20 Å². The number of thiocarbonyl (C=S) groups is 1. The second-order valence-electron chi connectivity index (χ2n) is 4.18. The molecule has 2 aromatic heterocycles. The summed E-state index contributed by atoms with van der Waals surface area (Å²) in [4.78, 5) is 7.97. The van der Waals surface area contributed by atoms with Crippen molar-refractivity contribution in [1.82, 2.24) is 15.1 Å². The van der Waals surface area contributed by atoms with Crippen molar-refractivity contribution in [2.45, 2.75) is 0 Å². The molecule has 1 aromatic carbocycles. The van der Waals surface area contributed by atoms with Gasteiger partial charge in [-0.05, 0) is 35.9 Å². The van der Waals surface area contributed by atoms with Crippen LogP contribution in [-0.4, -0.2) is 20.5 Å². The first-order chi connectivity index (χ1) is 10.2. The number of halogens is 2. The van der Waals surface area contributed by atoms with E-state index in [-0.39, 0.29) is 11.7 Å². The lowest BCUT2D eigenvalue weighted by Gasteiger charge is -1.97. The highest BCUT2D eigenvalue weighted by molar-refractivity contribution is 7.79. The molecule has 0 bridgehead atoms. The Labute approximate surface area is 123 Å². The number of hydrogen-bond acceptors (Lipinski definition) is 5. The maximum Gasteiger partial charge on any atom is 0.258 e. The van der Waals surface area contributed by atoms with E-state index < -0.39 is 11.6 Å². The summed E-state index contributed by atoms with van der Waals surface area (Å²) in [6, 6.07) is 6.86. The van der Waals surface area contributed by atoms with Crippen molar-refractivity contribution in [3.05, 3.63) is 53.7 Å². The van der Waals surface area contributed by atoms with E-state index in [2.05, 4.69) is 15.1 Å². The van der Waals surface area contributed by atoms with Gasteiger partial charge in [0, 0.05) is 10.9 Å². The largest absolute Gasteiger partial charge is 0.334 e. The van der Waals surface area contributed by atoms with Gasteiger partial charge in [0.1, 0.15) is 17.3 Å². The highest BCUT2D eigenvalue weighted by Crippen LogP contribution is 2.23. The Hall–Kier alpha value is -2.54. The predicted octanol–water partition coefficient (Wildman–Crippen LogP) is 3.42. The molecule has 3 aromatic rings. The highest BCUT2D eigenvalue weighted by atomic mass is 32.1. The zero-order valence-corrected chi connectivity index (χ0v) is 11.3. The van der Waals surface area contributed by atoms with Crippen molar-refractivity contribution < 1.29 is 13.3 Å². The molecule has 3 rings (SSSR count). The third kappa shape index (κ3) is 2.82. The van der Waals surface area contributed by atoms with Crippen LogP contribution in [0.15, 0.2) is 41.1 Å². The van der Waals surface area contributed by atoms with Crippen LogP contribution >= 0.6 is 12.2 Å². The molecule has 0 saturated heterocycles. The first kappa shape index (κ1) is 13.4. The van der Waals surface area contributed by atoms with Gasteiger partial charge in [-0.15, -0.1) is 0 Å². The molecule has 0 radical (unpaired) electrons. The molecular weight excluding hydrogens is 296 g/mol. The van der Waals surface area contributed by atoms with Crippen LogP contribution in [0.2, 0.25) is 0 Å². The molecule has 4 nitrogen and oxygen atoms in total. The molecular formula is C14H7F2N3OS. The van der Waals surface area contributed by atoms with Crippen molar-refractivity contribution in [2.24, 2.45) is 0 Å². The van der Waals surface area contributed by atoms with Crippen LogP contribution < -0.4 is 0 Å². The molecule has 21 heavy (non-hydrogen) atoms. The Bertz CT molecular complexity index is 802. The summed E-state index contributed by atoms with van der Waals surface area (Å²) in [7, 11) is 0. The van der Waals surface area contributed by atoms with Crippen molar-refractivity contribution in [3.63, 3.8) is 0 Å². The van der Waals surface area contributed by atoms with Crippen LogP contribution in [0, 0.1) is 11.6 Å². The van der Waals surface area contributed by atoms with Crippen LogP contribution in [0.1, 0.15) is 5.56 Å². The fraction of sp³-hybridized carbons (Fsp3) is 0. The molecule has 104 valence electrons. The predicted molar refractivity (Wildman–Crippen MR) is 75.6 cm³/mol. The third-order valence-electron chi connectivity index (χ3n) is 2.69. The molecule has 0 spiro atoms. The van der Waals surface area contributed by atoms with Gasteiger partial charge >= 0.3 is 0 Å². The monoisotopic (exact) mass is 303 g/mol. The Morgan fingerprint density at radius 3 is 2.67 bits per heavy atom. The number of nitrogens with zero attached hydrogens (tertiary/aromatic N) is 3. The van der Waals surface area contributed by atoms with Gasteiger partial charge in [0.25, 0.3) is 5.89 Å². The summed E-state index contributed by atoms with van der Waals surface area (Å²) < 4.78 is 31.4. The van der Waals surface area contributed by atoms with E-state index in [9.17, 15) is 8.78 Å². The standard InChI is InChI=1S/C14H7F2N3OS/c15-10-1-2-12(17-6-10)13-18-14(20-19-13)9-3-8(7-21)4-11(16)5-9/h1-7H. The highest BCUT2D eigenvalue weighted by Gasteiger charge is 2.13. The van der Waals surface area contributed by atoms with E-state index in [0.717, 1.165) is 6.20 Å². The van der Waals surface area contributed by atoms with Crippen LogP contribution in [0.5, 0.6) is 0 Å². The minimum Gasteiger partial charge on any atom is -0.334 e. The minimum atomic E-state index is -0.460. The number of benzene rings is 1. The molecule has 7 heteroatoms. The van der Waals surface area contributed by atoms with E-state index >= 15 is 0 Å². The van der Waals surface area contributed by atoms with E-state index in [4.69, 9.17) is 16.7 Å². The summed E-state index contributed by atoms with van der Waals surface area (Å²) in [5.74, 6) is -0.589. The Kier molecular flexibility index (Phi) is 3.49. The molecule has 0 aliphatic rings. The van der Waals surface area contributed by atoms with Crippen LogP contribution in [0.4, 0.5) is 8.78 Å². The lowest BCUT2D eigenvalue weighted by molar-refractivity contribution is 0.431. The first-order valence-corrected chi connectivity index (χ1v) is 6.34. The van der Waals surface area contributed by atoms with E-state index in [0.29, 0.717) is 16.8 Å². The SMILES string of the molecule is Fc1ccc(-c2noc(-c3cc(F)cc(C=S)c3)n2)nc1. The lowest BCUT2D eigenvalue weighted by atomic mass is 10.1. The van der Waals surface area contributed by atoms with Crippen LogP contribution in [0.25, 0.3) is 23.0 Å². The van der Waals surface area contributed by atoms with E-state index in [1.54, 1.807) is 6.07 Å². The zero-order chi connectivity index (χ0) is 14.8. The molecule has 0 atom stereocenters. The summed E-state index contributed by atoms with van der Waals surface area (Å²) in [5, 5.41) is 5.10. The Morgan fingerprint density at radius 1 is 1.10 bits per heavy atom. The van der Waals surface area contributed by atoms with Crippen molar-refractivity contribution >= 4 is 17.6 Å². The summed E-state index contributed by atoms with van der Waals surface area (Å²) in [6.07, 6.45) is 1.05. The second kappa shape index (κ2) is 5.45. The molecule has 0 unspecified atom stereocenters. The Morgan fingerprint density at radius 2 is 1.95 bits per heavy atom. The van der Waals surface area contributed by atoms with Crippen molar-refractivity contribution in [2.75, 3.05) is 0 Å². The van der Waals surface area contributed by atoms with Gasteiger partial charge in [0.2, 0.25) is 5.82 Å². The minimum absolute atomic E-state index is 0.133. The van der Waals surface area contributed by atoms with Gasteiger partial charge in [-0.2, -0.15) is 4.98 Å². The topological polar surface area (TPSA) is 51.8 Å². The molecule has 0 aliphatic heterocycles. The third-order valence-corrected chi connectivity index (χ3v) is 2.96. The summed E-state index contributed by atoms with van der Waals surface area (Å²) >= 11 is 4.78. The lowest BCUT2D eigenvalue weighted by Crippen LogP contribution is -1.88. The van der Waals surface area contributed by atoms with Crippen molar-refractivity contribution in [3.8, 4) is 23.0 Å². The summed E-state index contributed by atoms with van der Waals surface area (Å²) in [6.45, 7) is 0. The molecule has 0 amide bonds. The number of aromatic nitrogens is 3. The molecule has 0 aliphatic carbocycles. The quantitative estimate of drug-likeness (QED) is 0.694. The maximum atomic E-state index is 13.5. The molecule has 0 fully saturated rings. The Balaban J connectivity index is 2.00. The normalized spacial score (nSPS) is 10.6. The molecule has 2 heterocycles. The average molecular weight is 303 g/mol. The first-order valence-electron chi connectivity index (χ1n) is 5.87. The fourth-order valence-electron chi connectivity index (χ4n) is 1.76. The maximum absolute atomic E-state index is 13.5. The number of rotatable bonds is 3. The fourth-order valence-corrected chi connectivity index (χ4v) is 1.89. The van der Waals surface area contributed by atoms with Gasteiger partial charge in [-0.25, -0.2) is 13.8 Å². The van der Waals surface area contributed by atoms with Crippen molar-refractivity contribution in [1.29, 1.82) is 0 Å². The van der Waals surface area contributed by atoms with Gasteiger partial charge < -0.3 is 4.52 Å². The van der Waals surface area contributed by atoms with Gasteiger partial charge in [0.15, 0.2) is 0 Å². The smallest absolute Gasteiger partial charge is 0.258 e. The van der Waals surface area contributed by atoms with Gasteiger partial charge in [-0.3, -0.25) is 0 Å². The number of hydrogen-bond donors (Lipinski definition) is 0. The van der Waals surface area contributed by atoms with E-state index in [1.807, 2.05) is 0 Å². The van der Waals surface area contributed by atoms with Crippen LogP contribution in [-0.2, 0) is 0 Å². The van der Waals surface area contributed by atoms with Gasteiger partial charge in [-0.1, -0.05) is 17.4 Å².